The molecule has 1 fully saturated rings. The third kappa shape index (κ3) is 4.77. The molecule has 1 rings (SSSR count). The summed E-state index contributed by atoms with van der Waals surface area (Å²) in [6, 6.07) is 0. The number of imide groups is 1. The van der Waals surface area contributed by atoms with E-state index in [0.717, 1.165) is 12.3 Å². The zero-order valence-corrected chi connectivity index (χ0v) is 13.6. The fraction of sp³-hybridized carbons (Fsp3) is 0.765. The molecule has 1 aliphatic rings. The molecule has 3 heteroatoms. The minimum atomic E-state index is -0.135. The lowest BCUT2D eigenvalue weighted by Crippen LogP contribution is -2.25. The lowest BCUT2D eigenvalue weighted by Gasteiger charge is -2.15. The summed E-state index contributed by atoms with van der Waals surface area (Å²) in [4.78, 5) is 24.6. The Morgan fingerprint density at radius 3 is 2.55 bits per heavy atom. The van der Waals surface area contributed by atoms with E-state index in [-0.39, 0.29) is 17.7 Å². The van der Waals surface area contributed by atoms with Gasteiger partial charge in [-0.1, -0.05) is 45.3 Å². The van der Waals surface area contributed by atoms with Crippen molar-refractivity contribution in [3.05, 3.63) is 11.6 Å². The predicted octanol–water partition coefficient (Wildman–Crippen LogP) is 3.79. The minimum Gasteiger partial charge on any atom is -0.285 e. The number of hydrogen-bond acceptors (Lipinski definition) is 2. The number of rotatable bonds is 7. The van der Waals surface area contributed by atoms with Crippen LogP contribution in [0.4, 0.5) is 0 Å². The van der Waals surface area contributed by atoms with E-state index in [1.165, 1.54) is 29.7 Å². The normalized spacial score (nSPS) is 23.4. The molecule has 0 radical (unpaired) electrons. The molecule has 2 amide bonds. The number of allylic oxidation sites excluding steroid dienone is 2. The van der Waals surface area contributed by atoms with Crippen molar-refractivity contribution < 1.29 is 9.59 Å². The standard InChI is InChI=1S/C17H29NO2/c1-6-7-12(2)8-13(3)9-14(4)10-15-11-16(19)18(5)17(15)20/h9,12-13,15H,6-8,10-11H2,1-5H3/b14-9+. The second kappa shape index (κ2) is 7.61. The summed E-state index contributed by atoms with van der Waals surface area (Å²) < 4.78 is 0. The van der Waals surface area contributed by atoms with E-state index < -0.39 is 0 Å². The minimum absolute atomic E-state index is 0.0187. The quantitative estimate of drug-likeness (QED) is 0.525. The van der Waals surface area contributed by atoms with Gasteiger partial charge in [0, 0.05) is 13.5 Å². The molecule has 0 aromatic carbocycles. The van der Waals surface area contributed by atoms with Gasteiger partial charge in [-0.25, -0.2) is 0 Å². The van der Waals surface area contributed by atoms with Crippen LogP contribution < -0.4 is 0 Å². The van der Waals surface area contributed by atoms with Crippen molar-refractivity contribution in [3.8, 4) is 0 Å². The van der Waals surface area contributed by atoms with Crippen molar-refractivity contribution in [3.63, 3.8) is 0 Å². The number of carbonyl (C=O) groups is 2. The van der Waals surface area contributed by atoms with Crippen LogP contribution in [0.3, 0.4) is 0 Å². The van der Waals surface area contributed by atoms with Crippen LogP contribution in [0.5, 0.6) is 0 Å². The summed E-state index contributed by atoms with van der Waals surface area (Å²) in [5, 5.41) is 0. The lowest BCUT2D eigenvalue weighted by atomic mass is 9.90. The van der Waals surface area contributed by atoms with Gasteiger partial charge >= 0.3 is 0 Å². The highest BCUT2D eigenvalue weighted by Crippen LogP contribution is 2.26. The monoisotopic (exact) mass is 279 g/mol. The van der Waals surface area contributed by atoms with Gasteiger partial charge in [-0.3, -0.25) is 14.5 Å². The summed E-state index contributed by atoms with van der Waals surface area (Å²) >= 11 is 0. The molecule has 0 N–H and O–H groups in total. The second-order valence-corrected chi connectivity index (χ2v) is 6.52. The second-order valence-electron chi connectivity index (χ2n) is 6.52. The first-order valence-corrected chi connectivity index (χ1v) is 7.82. The van der Waals surface area contributed by atoms with Crippen LogP contribution in [-0.2, 0) is 9.59 Å². The number of carbonyl (C=O) groups excluding carboxylic acids is 2. The van der Waals surface area contributed by atoms with Gasteiger partial charge in [-0.15, -0.1) is 0 Å². The summed E-state index contributed by atoms with van der Waals surface area (Å²) in [7, 11) is 1.58. The molecule has 0 saturated carbocycles. The van der Waals surface area contributed by atoms with Gasteiger partial charge in [0.15, 0.2) is 0 Å². The van der Waals surface area contributed by atoms with Crippen molar-refractivity contribution in [1.82, 2.24) is 4.90 Å². The Morgan fingerprint density at radius 1 is 1.40 bits per heavy atom. The van der Waals surface area contributed by atoms with Crippen LogP contribution in [-0.4, -0.2) is 23.8 Å². The van der Waals surface area contributed by atoms with Crippen molar-refractivity contribution in [2.24, 2.45) is 17.8 Å². The molecule has 3 unspecified atom stereocenters. The average molecular weight is 279 g/mol. The number of likely N-dealkylation sites (tertiary alicyclic amines) is 1. The molecule has 114 valence electrons. The molecule has 0 spiro atoms. The van der Waals surface area contributed by atoms with E-state index in [2.05, 4.69) is 33.8 Å². The van der Waals surface area contributed by atoms with E-state index in [4.69, 9.17) is 0 Å². The first-order valence-electron chi connectivity index (χ1n) is 7.82. The lowest BCUT2D eigenvalue weighted by molar-refractivity contribution is -0.137. The maximum Gasteiger partial charge on any atom is 0.232 e. The molecule has 0 aromatic heterocycles. The maximum atomic E-state index is 11.9. The molecular weight excluding hydrogens is 250 g/mol. The van der Waals surface area contributed by atoms with Crippen molar-refractivity contribution in [2.45, 2.75) is 59.8 Å². The Hall–Kier alpha value is -1.12. The van der Waals surface area contributed by atoms with E-state index in [0.29, 0.717) is 12.3 Å². The van der Waals surface area contributed by atoms with E-state index in [1.807, 2.05) is 0 Å². The van der Waals surface area contributed by atoms with Gasteiger partial charge in [0.1, 0.15) is 0 Å². The van der Waals surface area contributed by atoms with Crippen LogP contribution in [0.1, 0.15) is 59.8 Å². The van der Waals surface area contributed by atoms with Crippen LogP contribution in [0.25, 0.3) is 0 Å². The summed E-state index contributed by atoms with van der Waals surface area (Å²) in [5.41, 5.74) is 1.24. The molecule has 1 aliphatic heterocycles. The molecule has 0 aromatic rings. The first-order chi connectivity index (χ1) is 9.35. The Kier molecular flexibility index (Phi) is 6.44. The Balaban J connectivity index is 2.49. The van der Waals surface area contributed by atoms with Crippen molar-refractivity contribution in [1.29, 1.82) is 0 Å². The summed E-state index contributed by atoms with van der Waals surface area (Å²) in [6.07, 6.45) is 7.09. The van der Waals surface area contributed by atoms with Crippen molar-refractivity contribution >= 4 is 11.8 Å². The van der Waals surface area contributed by atoms with Crippen LogP contribution >= 0.6 is 0 Å². The summed E-state index contributed by atoms with van der Waals surface area (Å²) in [6.45, 7) is 8.85. The van der Waals surface area contributed by atoms with Crippen molar-refractivity contribution in [2.75, 3.05) is 7.05 Å². The number of hydrogen-bond donors (Lipinski definition) is 0. The molecule has 1 heterocycles. The predicted molar refractivity (Wildman–Crippen MR) is 82.1 cm³/mol. The third-order valence-electron chi connectivity index (χ3n) is 4.17. The van der Waals surface area contributed by atoms with Crippen LogP contribution in [0.2, 0.25) is 0 Å². The SMILES string of the molecule is CCCC(C)CC(C)/C=C(\C)CC1CC(=O)N(C)C1=O. The fourth-order valence-electron chi connectivity index (χ4n) is 3.25. The number of nitrogens with zero attached hydrogens (tertiary/aromatic N) is 1. The Morgan fingerprint density at radius 2 is 2.05 bits per heavy atom. The largest absolute Gasteiger partial charge is 0.285 e. The zero-order valence-electron chi connectivity index (χ0n) is 13.6. The smallest absolute Gasteiger partial charge is 0.232 e. The van der Waals surface area contributed by atoms with Gasteiger partial charge in [0.2, 0.25) is 11.8 Å². The molecule has 0 bridgehead atoms. The molecule has 3 atom stereocenters. The van der Waals surface area contributed by atoms with Gasteiger partial charge in [-0.05, 0) is 31.6 Å². The maximum absolute atomic E-state index is 11.9. The fourth-order valence-corrected chi connectivity index (χ4v) is 3.25. The van der Waals surface area contributed by atoms with E-state index in [1.54, 1.807) is 7.05 Å². The zero-order chi connectivity index (χ0) is 15.3. The first kappa shape index (κ1) is 16.9. The average Bonchev–Trinajstić information content (AvgIpc) is 2.56. The highest BCUT2D eigenvalue weighted by molar-refractivity contribution is 6.03. The van der Waals surface area contributed by atoms with Gasteiger partial charge < -0.3 is 0 Å². The van der Waals surface area contributed by atoms with E-state index in [9.17, 15) is 9.59 Å². The molecule has 3 nitrogen and oxygen atoms in total. The highest BCUT2D eigenvalue weighted by Gasteiger charge is 2.35. The Bertz CT molecular complexity index is 386. The number of amides is 2. The third-order valence-corrected chi connectivity index (χ3v) is 4.17. The summed E-state index contributed by atoms with van der Waals surface area (Å²) in [5.74, 6) is 1.09. The molecule has 20 heavy (non-hydrogen) atoms. The Labute approximate surface area is 123 Å². The molecule has 1 saturated heterocycles. The highest BCUT2D eigenvalue weighted by atomic mass is 16.2. The van der Waals surface area contributed by atoms with Gasteiger partial charge in [0.25, 0.3) is 0 Å². The molecule has 0 aliphatic carbocycles. The van der Waals surface area contributed by atoms with Gasteiger partial charge in [0.05, 0.1) is 5.92 Å². The topological polar surface area (TPSA) is 37.4 Å². The van der Waals surface area contributed by atoms with Crippen LogP contribution in [0.15, 0.2) is 11.6 Å². The van der Waals surface area contributed by atoms with Crippen LogP contribution in [0, 0.1) is 17.8 Å². The van der Waals surface area contributed by atoms with E-state index >= 15 is 0 Å². The van der Waals surface area contributed by atoms with Gasteiger partial charge in [-0.2, -0.15) is 0 Å². The molecular formula is C17H29NO2.